The lowest BCUT2D eigenvalue weighted by atomic mass is 9.93. The molecule has 0 bridgehead atoms. The van der Waals surface area contributed by atoms with Crippen LogP contribution in [0, 0.1) is 11.7 Å². The highest BCUT2D eigenvalue weighted by atomic mass is 32.2. The number of piperidine rings is 1. The van der Waals surface area contributed by atoms with E-state index in [0.717, 1.165) is 18.4 Å². The first kappa shape index (κ1) is 21.7. The first-order valence-electron chi connectivity index (χ1n) is 9.97. The predicted molar refractivity (Wildman–Crippen MR) is 110 cm³/mol. The molecule has 2 aliphatic rings. The number of carbonyl (C=O) groups is 3. The third-order valence-corrected chi connectivity index (χ3v) is 6.34. The molecule has 0 radical (unpaired) electrons. The van der Waals surface area contributed by atoms with Crippen LogP contribution in [-0.4, -0.2) is 46.7 Å². The first-order chi connectivity index (χ1) is 13.9. The molecule has 2 unspecified atom stereocenters. The SMILES string of the molecule is CCOC(=O)/C=C1\CN(C(C(=O)C2CC2)c2ccccc2F)CCC1SC(C)=O. The van der Waals surface area contributed by atoms with Crippen molar-refractivity contribution >= 4 is 28.6 Å². The molecule has 0 N–H and O–H groups in total. The van der Waals surface area contributed by atoms with Gasteiger partial charge in [-0.1, -0.05) is 30.0 Å². The van der Waals surface area contributed by atoms with Gasteiger partial charge < -0.3 is 4.74 Å². The molecule has 3 rings (SSSR count). The summed E-state index contributed by atoms with van der Waals surface area (Å²) in [6.45, 7) is 4.35. The second-order valence-corrected chi connectivity index (χ2v) is 8.81. The molecular formula is C22H26FNO4S. The van der Waals surface area contributed by atoms with E-state index in [1.807, 2.05) is 4.90 Å². The van der Waals surface area contributed by atoms with Crippen molar-refractivity contribution in [1.29, 1.82) is 0 Å². The van der Waals surface area contributed by atoms with Gasteiger partial charge in [0.25, 0.3) is 0 Å². The third kappa shape index (κ3) is 5.54. The van der Waals surface area contributed by atoms with Gasteiger partial charge in [-0.25, -0.2) is 9.18 Å². The molecule has 5 nitrogen and oxygen atoms in total. The molecule has 2 fully saturated rings. The van der Waals surface area contributed by atoms with Gasteiger partial charge in [-0.3, -0.25) is 14.5 Å². The Morgan fingerprint density at radius 2 is 2.00 bits per heavy atom. The maximum Gasteiger partial charge on any atom is 0.330 e. The Labute approximate surface area is 174 Å². The summed E-state index contributed by atoms with van der Waals surface area (Å²) in [4.78, 5) is 38.7. The van der Waals surface area contributed by atoms with E-state index >= 15 is 0 Å². The summed E-state index contributed by atoms with van der Waals surface area (Å²) in [5.74, 6) is -0.859. The van der Waals surface area contributed by atoms with Crippen molar-refractivity contribution in [3.8, 4) is 0 Å². The van der Waals surface area contributed by atoms with Gasteiger partial charge in [-0.2, -0.15) is 0 Å². The predicted octanol–water partition coefficient (Wildman–Crippen LogP) is 3.69. The van der Waals surface area contributed by atoms with Crippen LogP contribution in [0.2, 0.25) is 0 Å². The fraction of sp³-hybridized carbons (Fsp3) is 0.500. The summed E-state index contributed by atoms with van der Waals surface area (Å²) in [5, 5.41) is -0.177. The molecule has 1 heterocycles. The minimum Gasteiger partial charge on any atom is -0.463 e. The zero-order valence-corrected chi connectivity index (χ0v) is 17.5. The van der Waals surface area contributed by atoms with Crippen LogP contribution in [0.15, 0.2) is 35.9 Å². The van der Waals surface area contributed by atoms with E-state index in [-0.39, 0.29) is 28.7 Å². The normalized spacial score (nSPS) is 22.3. The lowest BCUT2D eigenvalue weighted by molar-refractivity contribution is -0.137. The van der Waals surface area contributed by atoms with Crippen molar-refractivity contribution in [2.24, 2.45) is 5.92 Å². The van der Waals surface area contributed by atoms with E-state index in [1.165, 1.54) is 30.8 Å². The van der Waals surface area contributed by atoms with Gasteiger partial charge in [0, 0.05) is 42.8 Å². The molecule has 1 aromatic rings. The van der Waals surface area contributed by atoms with Crippen molar-refractivity contribution in [2.75, 3.05) is 19.7 Å². The van der Waals surface area contributed by atoms with Crippen molar-refractivity contribution in [2.45, 2.75) is 44.4 Å². The molecule has 0 amide bonds. The Bertz CT molecular complexity index is 821. The largest absolute Gasteiger partial charge is 0.463 e. The number of rotatable bonds is 7. The van der Waals surface area contributed by atoms with E-state index in [4.69, 9.17) is 4.74 Å². The van der Waals surface area contributed by atoms with Crippen LogP contribution in [0.5, 0.6) is 0 Å². The standard InChI is InChI=1S/C22H26FNO4S/c1-3-28-20(26)12-16-13-24(11-10-19(16)29-14(2)25)21(22(27)15-8-9-15)17-6-4-5-7-18(17)23/h4-7,12,15,19,21H,3,8-11,13H2,1-2H3/b16-12+. The summed E-state index contributed by atoms with van der Waals surface area (Å²) in [5.41, 5.74) is 1.11. The number of hydrogen-bond donors (Lipinski definition) is 0. The molecule has 156 valence electrons. The Morgan fingerprint density at radius 3 is 2.62 bits per heavy atom. The number of ether oxygens (including phenoxy) is 1. The van der Waals surface area contributed by atoms with E-state index < -0.39 is 17.8 Å². The highest BCUT2D eigenvalue weighted by Crippen LogP contribution is 2.40. The number of halogens is 1. The number of hydrogen-bond acceptors (Lipinski definition) is 6. The van der Waals surface area contributed by atoms with Crippen LogP contribution in [0.1, 0.15) is 44.7 Å². The fourth-order valence-electron chi connectivity index (χ4n) is 3.73. The smallest absolute Gasteiger partial charge is 0.330 e. The Kier molecular flexibility index (Phi) is 7.24. The summed E-state index contributed by atoms with van der Waals surface area (Å²) in [7, 11) is 0. The lowest BCUT2D eigenvalue weighted by Gasteiger charge is -2.38. The third-order valence-electron chi connectivity index (χ3n) is 5.19. The van der Waals surface area contributed by atoms with Crippen molar-refractivity contribution < 1.29 is 23.5 Å². The Morgan fingerprint density at radius 1 is 1.28 bits per heavy atom. The Hall–Kier alpha value is -1.99. The van der Waals surface area contributed by atoms with Crippen LogP contribution >= 0.6 is 11.8 Å². The molecule has 1 saturated heterocycles. The van der Waals surface area contributed by atoms with Crippen LogP contribution in [-0.2, 0) is 19.1 Å². The summed E-state index contributed by atoms with van der Waals surface area (Å²) in [6.07, 6.45) is 3.70. The van der Waals surface area contributed by atoms with Crippen LogP contribution in [0.25, 0.3) is 0 Å². The average molecular weight is 420 g/mol. The Balaban J connectivity index is 1.90. The van der Waals surface area contributed by atoms with Crippen molar-refractivity contribution in [3.05, 3.63) is 47.3 Å². The van der Waals surface area contributed by atoms with E-state index in [0.29, 0.717) is 25.1 Å². The molecule has 2 atom stereocenters. The van der Waals surface area contributed by atoms with Gasteiger partial charge in [-0.05, 0) is 37.8 Å². The first-order valence-corrected chi connectivity index (χ1v) is 10.8. The highest BCUT2D eigenvalue weighted by molar-refractivity contribution is 8.14. The highest BCUT2D eigenvalue weighted by Gasteiger charge is 2.41. The molecule has 7 heteroatoms. The maximum absolute atomic E-state index is 14.6. The van der Waals surface area contributed by atoms with Gasteiger partial charge in [0.1, 0.15) is 5.82 Å². The number of nitrogens with zero attached hydrogens (tertiary/aromatic N) is 1. The van der Waals surface area contributed by atoms with Gasteiger partial charge in [0.15, 0.2) is 10.9 Å². The molecule has 1 aromatic carbocycles. The van der Waals surface area contributed by atoms with Gasteiger partial charge in [-0.15, -0.1) is 0 Å². The monoisotopic (exact) mass is 419 g/mol. The van der Waals surface area contributed by atoms with Gasteiger partial charge in [0.05, 0.1) is 12.6 Å². The van der Waals surface area contributed by atoms with Crippen LogP contribution in [0.3, 0.4) is 0 Å². The molecule has 1 aliphatic carbocycles. The molecule has 29 heavy (non-hydrogen) atoms. The number of esters is 1. The number of benzene rings is 1. The molecular weight excluding hydrogens is 393 g/mol. The minimum atomic E-state index is -0.683. The zero-order valence-electron chi connectivity index (χ0n) is 16.7. The van der Waals surface area contributed by atoms with Gasteiger partial charge in [0.2, 0.25) is 0 Å². The molecule has 1 saturated carbocycles. The number of thioether (sulfide) groups is 1. The number of carbonyl (C=O) groups excluding carboxylic acids is 3. The molecule has 1 aliphatic heterocycles. The van der Waals surface area contributed by atoms with E-state index in [2.05, 4.69) is 0 Å². The number of ketones is 1. The van der Waals surface area contributed by atoms with Crippen molar-refractivity contribution in [3.63, 3.8) is 0 Å². The second-order valence-electron chi connectivity index (χ2n) is 7.43. The zero-order chi connectivity index (χ0) is 21.0. The lowest BCUT2D eigenvalue weighted by Crippen LogP contribution is -2.43. The van der Waals surface area contributed by atoms with Crippen molar-refractivity contribution in [1.82, 2.24) is 4.90 Å². The quantitative estimate of drug-likeness (QED) is 0.496. The minimum absolute atomic E-state index is 0.0265. The van der Waals surface area contributed by atoms with Crippen LogP contribution in [0.4, 0.5) is 4.39 Å². The fourth-order valence-corrected chi connectivity index (χ4v) is 4.65. The second kappa shape index (κ2) is 9.67. The molecule has 0 aromatic heterocycles. The summed E-state index contributed by atoms with van der Waals surface area (Å²) in [6, 6.07) is 5.69. The topological polar surface area (TPSA) is 63.7 Å². The maximum atomic E-state index is 14.6. The summed E-state index contributed by atoms with van der Waals surface area (Å²) < 4.78 is 19.6. The van der Waals surface area contributed by atoms with E-state index in [9.17, 15) is 18.8 Å². The van der Waals surface area contributed by atoms with Crippen LogP contribution < -0.4 is 0 Å². The number of Topliss-reactive ketones (excluding diaryl/α,β-unsaturated/α-hetero) is 1. The number of likely N-dealkylation sites (tertiary alicyclic amines) is 1. The van der Waals surface area contributed by atoms with Gasteiger partial charge >= 0.3 is 5.97 Å². The van der Waals surface area contributed by atoms with E-state index in [1.54, 1.807) is 25.1 Å². The average Bonchev–Trinajstić information content (AvgIpc) is 3.50. The summed E-state index contributed by atoms with van der Waals surface area (Å²) >= 11 is 1.18. The molecule has 0 spiro atoms.